The molecule has 1 aromatic carbocycles. The Morgan fingerprint density at radius 2 is 1.88 bits per heavy atom. The van der Waals surface area contributed by atoms with Gasteiger partial charge in [-0.2, -0.15) is 0 Å². The highest BCUT2D eigenvalue weighted by Gasteiger charge is 2.11. The highest BCUT2D eigenvalue weighted by atomic mass is 35.5. The maximum Gasteiger partial charge on any atom is 0.0962 e. The lowest BCUT2D eigenvalue weighted by Crippen LogP contribution is -2.02. The van der Waals surface area contributed by atoms with E-state index in [0.717, 1.165) is 0 Å². The van der Waals surface area contributed by atoms with Crippen LogP contribution in [0.1, 0.15) is 11.3 Å². The second kappa shape index (κ2) is 5.23. The van der Waals surface area contributed by atoms with Crippen LogP contribution in [-0.2, 0) is 13.1 Å². The molecule has 2 N–H and O–H groups in total. The van der Waals surface area contributed by atoms with Gasteiger partial charge in [0.2, 0.25) is 0 Å². The summed E-state index contributed by atoms with van der Waals surface area (Å²) in [7, 11) is 0. The molecule has 4 nitrogen and oxygen atoms in total. The Labute approximate surface area is 113 Å². The van der Waals surface area contributed by atoms with Gasteiger partial charge in [-0.25, -0.2) is 4.68 Å². The minimum absolute atomic E-state index is 0.344. The summed E-state index contributed by atoms with van der Waals surface area (Å²) in [5.41, 5.74) is 6.88. The molecule has 17 heavy (non-hydrogen) atoms. The second-order valence-corrected chi connectivity index (χ2v) is 4.63. The summed E-state index contributed by atoms with van der Waals surface area (Å²) in [4.78, 5) is 0. The molecular formula is C10H9Cl3N4. The van der Waals surface area contributed by atoms with Gasteiger partial charge in [0.25, 0.3) is 0 Å². The number of halogens is 3. The molecule has 0 amide bonds. The summed E-state index contributed by atoms with van der Waals surface area (Å²) in [5, 5.41) is 9.24. The molecule has 7 heteroatoms. The van der Waals surface area contributed by atoms with Crippen LogP contribution in [0, 0.1) is 0 Å². The molecule has 0 aliphatic carbocycles. The Kier molecular flexibility index (Phi) is 3.89. The first kappa shape index (κ1) is 12.6. The first-order valence-corrected chi connectivity index (χ1v) is 5.96. The highest BCUT2D eigenvalue weighted by molar-refractivity contribution is 6.44. The van der Waals surface area contributed by atoms with Crippen LogP contribution in [-0.4, -0.2) is 15.0 Å². The summed E-state index contributed by atoms with van der Waals surface area (Å²) in [6.45, 7) is 0.752. The molecule has 0 atom stereocenters. The van der Waals surface area contributed by atoms with E-state index in [9.17, 15) is 0 Å². The first-order valence-electron chi connectivity index (χ1n) is 4.83. The third-order valence-electron chi connectivity index (χ3n) is 2.25. The molecule has 0 unspecified atom stereocenters. The maximum absolute atomic E-state index is 6.09. The lowest BCUT2D eigenvalue weighted by molar-refractivity contribution is 0.649. The van der Waals surface area contributed by atoms with Crippen LogP contribution >= 0.6 is 34.8 Å². The van der Waals surface area contributed by atoms with Crippen molar-refractivity contribution in [3.63, 3.8) is 0 Å². The standard InChI is InChI=1S/C10H9Cl3N4/c11-8-1-2-9(12)10(13)7(8)5-17-4-6(3-14)15-16-17/h1-2,4H,3,5,14H2. The zero-order valence-corrected chi connectivity index (χ0v) is 11.0. The summed E-state index contributed by atoms with van der Waals surface area (Å²) >= 11 is 18.1. The smallest absolute Gasteiger partial charge is 0.0962 e. The van der Waals surface area contributed by atoms with Gasteiger partial charge < -0.3 is 5.73 Å². The van der Waals surface area contributed by atoms with Gasteiger partial charge in [0.1, 0.15) is 0 Å². The molecule has 2 aromatic rings. The fourth-order valence-corrected chi connectivity index (χ4v) is 2.05. The zero-order valence-electron chi connectivity index (χ0n) is 8.70. The largest absolute Gasteiger partial charge is 0.325 e. The van der Waals surface area contributed by atoms with E-state index in [1.165, 1.54) is 0 Å². The number of nitrogens with two attached hydrogens (primary N) is 1. The lowest BCUT2D eigenvalue weighted by atomic mass is 10.2. The average molecular weight is 292 g/mol. The van der Waals surface area contributed by atoms with E-state index in [0.29, 0.717) is 39.4 Å². The predicted octanol–water partition coefficient (Wildman–Crippen LogP) is 2.75. The maximum atomic E-state index is 6.09. The average Bonchev–Trinajstić information content (AvgIpc) is 2.77. The molecule has 0 spiro atoms. The summed E-state index contributed by atoms with van der Waals surface area (Å²) in [6, 6.07) is 3.36. The van der Waals surface area contributed by atoms with Crippen molar-refractivity contribution in [3.05, 3.63) is 44.7 Å². The fourth-order valence-electron chi connectivity index (χ4n) is 1.39. The van der Waals surface area contributed by atoms with Crippen LogP contribution in [0.5, 0.6) is 0 Å². The van der Waals surface area contributed by atoms with Crippen molar-refractivity contribution in [1.82, 2.24) is 15.0 Å². The normalized spacial score (nSPS) is 10.8. The van der Waals surface area contributed by atoms with Crippen molar-refractivity contribution in [2.75, 3.05) is 0 Å². The minimum atomic E-state index is 0.344. The van der Waals surface area contributed by atoms with Crippen molar-refractivity contribution in [1.29, 1.82) is 0 Å². The molecule has 0 aliphatic heterocycles. The highest BCUT2D eigenvalue weighted by Crippen LogP contribution is 2.31. The second-order valence-electron chi connectivity index (χ2n) is 3.43. The zero-order chi connectivity index (χ0) is 12.4. The number of rotatable bonds is 3. The molecule has 0 saturated carbocycles. The van der Waals surface area contributed by atoms with Crippen LogP contribution in [0.2, 0.25) is 15.1 Å². The Hall–Kier alpha value is -0.810. The summed E-state index contributed by atoms with van der Waals surface area (Å²) < 4.78 is 1.62. The Balaban J connectivity index is 2.32. The molecular weight excluding hydrogens is 282 g/mol. The van der Waals surface area contributed by atoms with E-state index in [2.05, 4.69) is 10.3 Å². The third kappa shape index (κ3) is 2.72. The molecule has 2 rings (SSSR count). The third-order valence-corrected chi connectivity index (χ3v) is 3.45. The molecule has 0 fully saturated rings. The molecule has 1 aromatic heterocycles. The quantitative estimate of drug-likeness (QED) is 0.885. The van der Waals surface area contributed by atoms with E-state index in [1.54, 1.807) is 23.0 Å². The topological polar surface area (TPSA) is 56.7 Å². The molecule has 0 saturated heterocycles. The predicted molar refractivity (Wildman–Crippen MR) is 68.5 cm³/mol. The van der Waals surface area contributed by atoms with Gasteiger partial charge in [0.15, 0.2) is 0 Å². The van der Waals surface area contributed by atoms with Crippen molar-refractivity contribution >= 4 is 34.8 Å². The number of hydrogen-bond donors (Lipinski definition) is 1. The molecule has 1 heterocycles. The molecule has 0 aliphatic rings. The van der Waals surface area contributed by atoms with Gasteiger partial charge in [0.05, 0.1) is 28.5 Å². The summed E-state index contributed by atoms with van der Waals surface area (Å²) in [6.07, 6.45) is 1.74. The molecule has 0 bridgehead atoms. The minimum Gasteiger partial charge on any atom is -0.325 e. The number of benzene rings is 1. The van der Waals surface area contributed by atoms with Crippen molar-refractivity contribution < 1.29 is 0 Å². The van der Waals surface area contributed by atoms with E-state index >= 15 is 0 Å². The van der Waals surface area contributed by atoms with Crippen molar-refractivity contribution in [2.45, 2.75) is 13.1 Å². The van der Waals surface area contributed by atoms with E-state index in [4.69, 9.17) is 40.5 Å². The van der Waals surface area contributed by atoms with Gasteiger partial charge in [-0.1, -0.05) is 40.0 Å². The van der Waals surface area contributed by atoms with Crippen LogP contribution in [0.4, 0.5) is 0 Å². The Morgan fingerprint density at radius 1 is 1.18 bits per heavy atom. The van der Waals surface area contributed by atoms with Gasteiger partial charge in [-0.3, -0.25) is 0 Å². The van der Waals surface area contributed by atoms with Crippen LogP contribution in [0.3, 0.4) is 0 Å². The number of nitrogens with zero attached hydrogens (tertiary/aromatic N) is 3. The lowest BCUT2D eigenvalue weighted by Gasteiger charge is -2.07. The SMILES string of the molecule is NCc1cn(Cc2c(Cl)ccc(Cl)c2Cl)nn1. The van der Waals surface area contributed by atoms with Gasteiger partial charge >= 0.3 is 0 Å². The van der Waals surface area contributed by atoms with Crippen LogP contribution < -0.4 is 5.73 Å². The fraction of sp³-hybridized carbons (Fsp3) is 0.200. The monoisotopic (exact) mass is 290 g/mol. The first-order chi connectivity index (χ1) is 8.11. The van der Waals surface area contributed by atoms with E-state index in [1.807, 2.05) is 0 Å². The Bertz CT molecular complexity index is 538. The van der Waals surface area contributed by atoms with Gasteiger partial charge in [-0.15, -0.1) is 5.10 Å². The van der Waals surface area contributed by atoms with Gasteiger partial charge in [0, 0.05) is 17.1 Å². The van der Waals surface area contributed by atoms with E-state index in [-0.39, 0.29) is 0 Å². The molecule has 90 valence electrons. The van der Waals surface area contributed by atoms with Crippen molar-refractivity contribution in [3.8, 4) is 0 Å². The van der Waals surface area contributed by atoms with Gasteiger partial charge in [-0.05, 0) is 12.1 Å². The number of aromatic nitrogens is 3. The van der Waals surface area contributed by atoms with Crippen LogP contribution in [0.15, 0.2) is 18.3 Å². The van der Waals surface area contributed by atoms with Crippen LogP contribution in [0.25, 0.3) is 0 Å². The summed E-state index contributed by atoms with van der Waals surface area (Å²) in [5.74, 6) is 0. The molecule has 0 radical (unpaired) electrons. The van der Waals surface area contributed by atoms with E-state index < -0.39 is 0 Å². The van der Waals surface area contributed by atoms with Crippen molar-refractivity contribution in [2.24, 2.45) is 5.73 Å². The number of hydrogen-bond acceptors (Lipinski definition) is 3. The Morgan fingerprint density at radius 3 is 2.53 bits per heavy atom.